The third-order valence-electron chi connectivity index (χ3n) is 3.85. The summed E-state index contributed by atoms with van der Waals surface area (Å²) in [5.74, 6) is -1.55. The predicted octanol–water partition coefficient (Wildman–Crippen LogP) is 3.45. The average molecular weight is 369 g/mol. The first-order chi connectivity index (χ1) is 12.0. The molecule has 0 aliphatic rings. The number of halogens is 3. The van der Waals surface area contributed by atoms with Crippen molar-refractivity contribution in [3.63, 3.8) is 0 Å². The fourth-order valence-corrected chi connectivity index (χ4v) is 2.10. The lowest BCUT2D eigenvalue weighted by Crippen LogP contribution is -2.35. The molecule has 1 heterocycles. The number of anilines is 1. The second-order valence-electron chi connectivity index (χ2n) is 6.30. The van der Waals surface area contributed by atoms with Crippen LogP contribution in [0.15, 0.2) is 36.7 Å². The number of nitrogens with zero attached hydrogens (tertiary/aromatic N) is 2. The van der Waals surface area contributed by atoms with Crippen LogP contribution in [0, 0.1) is 0 Å². The van der Waals surface area contributed by atoms with E-state index < -0.39 is 30.0 Å². The maximum atomic E-state index is 12.2. The number of aryl methyl sites for hydroxylation is 1. The van der Waals surface area contributed by atoms with Crippen molar-refractivity contribution in [2.24, 2.45) is 0 Å². The smallest absolute Gasteiger partial charge is 0.389 e. The Morgan fingerprint density at radius 1 is 1.19 bits per heavy atom. The first-order valence-electron chi connectivity index (χ1n) is 7.74. The van der Waals surface area contributed by atoms with Gasteiger partial charge in [0, 0.05) is 18.2 Å². The number of alkyl halides is 3. The van der Waals surface area contributed by atoms with Gasteiger partial charge in [-0.15, -0.1) is 0 Å². The molecule has 26 heavy (non-hydrogen) atoms. The molecule has 0 fully saturated rings. The van der Waals surface area contributed by atoms with Crippen molar-refractivity contribution >= 4 is 17.6 Å². The van der Waals surface area contributed by atoms with E-state index in [4.69, 9.17) is 5.11 Å². The molecule has 2 rings (SSSR count). The summed E-state index contributed by atoms with van der Waals surface area (Å²) in [5, 5.41) is 15.7. The van der Waals surface area contributed by atoms with Crippen LogP contribution in [-0.4, -0.2) is 32.9 Å². The zero-order valence-corrected chi connectivity index (χ0v) is 14.2. The number of hydrogen-bond donors (Lipinski definition) is 2. The van der Waals surface area contributed by atoms with Crippen LogP contribution < -0.4 is 5.32 Å². The second kappa shape index (κ2) is 7.19. The topological polar surface area (TPSA) is 84.2 Å². The van der Waals surface area contributed by atoms with Crippen LogP contribution in [0.25, 0.3) is 0 Å². The molecule has 9 heteroatoms. The van der Waals surface area contributed by atoms with E-state index in [0.717, 1.165) is 0 Å². The molecule has 0 aliphatic heterocycles. The quantitative estimate of drug-likeness (QED) is 0.817. The van der Waals surface area contributed by atoms with Gasteiger partial charge in [-0.25, -0.2) is 4.79 Å². The number of carboxylic acid groups (broad SMARTS) is 1. The number of aliphatic carboxylic acids is 1. The minimum atomic E-state index is -4.22. The first-order valence-corrected chi connectivity index (χ1v) is 7.74. The van der Waals surface area contributed by atoms with E-state index in [1.54, 1.807) is 0 Å². The zero-order chi connectivity index (χ0) is 19.5. The minimum Gasteiger partial charge on any atom is -0.479 e. The Morgan fingerprint density at radius 2 is 1.81 bits per heavy atom. The fourth-order valence-electron chi connectivity index (χ4n) is 2.10. The number of carboxylic acids is 1. The Morgan fingerprint density at radius 3 is 2.35 bits per heavy atom. The van der Waals surface area contributed by atoms with Gasteiger partial charge in [-0.05, 0) is 38.0 Å². The Kier molecular flexibility index (Phi) is 5.38. The molecule has 140 valence electrons. The van der Waals surface area contributed by atoms with Crippen LogP contribution in [-0.2, 0) is 16.8 Å². The highest BCUT2D eigenvalue weighted by Crippen LogP contribution is 2.22. The van der Waals surface area contributed by atoms with Gasteiger partial charge in [0.05, 0.1) is 11.9 Å². The van der Waals surface area contributed by atoms with E-state index in [1.807, 2.05) is 0 Å². The SMILES string of the molecule is CC(C)(C(=O)O)n1cc(NC(=O)c2ccc(CCC(F)(F)F)cc2)cn1. The molecule has 0 bridgehead atoms. The van der Waals surface area contributed by atoms with Gasteiger partial charge in [-0.3, -0.25) is 9.48 Å². The van der Waals surface area contributed by atoms with Gasteiger partial charge in [-0.1, -0.05) is 12.1 Å². The number of nitrogens with one attached hydrogen (secondary N) is 1. The molecule has 6 nitrogen and oxygen atoms in total. The fraction of sp³-hybridized carbons (Fsp3) is 0.353. The van der Waals surface area contributed by atoms with Crippen molar-refractivity contribution in [3.8, 4) is 0 Å². The highest BCUT2D eigenvalue weighted by Gasteiger charge is 2.30. The van der Waals surface area contributed by atoms with Crippen LogP contribution in [0.5, 0.6) is 0 Å². The Labute approximate surface area is 147 Å². The summed E-state index contributed by atoms with van der Waals surface area (Å²) in [4.78, 5) is 23.4. The summed E-state index contributed by atoms with van der Waals surface area (Å²) in [7, 11) is 0. The molecule has 0 unspecified atom stereocenters. The van der Waals surface area contributed by atoms with Crippen LogP contribution in [0.2, 0.25) is 0 Å². The number of carbonyl (C=O) groups excluding carboxylic acids is 1. The molecule has 0 saturated carbocycles. The second-order valence-corrected chi connectivity index (χ2v) is 6.30. The first kappa shape index (κ1) is 19.5. The van der Waals surface area contributed by atoms with Crippen LogP contribution in [0.3, 0.4) is 0 Å². The van der Waals surface area contributed by atoms with E-state index in [2.05, 4.69) is 10.4 Å². The lowest BCUT2D eigenvalue weighted by molar-refractivity contribution is -0.146. The number of rotatable bonds is 6. The zero-order valence-electron chi connectivity index (χ0n) is 14.2. The number of amides is 1. The molecule has 1 aromatic carbocycles. The molecule has 2 N–H and O–H groups in total. The van der Waals surface area contributed by atoms with E-state index >= 15 is 0 Å². The van der Waals surface area contributed by atoms with Gasteiger partial charge in [0.25, 0.3) is 5.91 Å². The van der Waals surface area contributed by atoms with Gasteiger partial charge in [-0.2, -0.15) is 18.3 Å². The lowest BCUT2D eigenvalue weighted by atomic mass is 10.1. The van der Waals surface area contributed by atoms with E-state index in [1.165, 1.54) is 55.2 Å². The molecule has 2 aromatic rings. The summed E-state index contributed by atoms with van der Waals surface area (Å²) >= 11 is 0. The summed E-state index contributed by atoms with van der Waals surface area (Å²) in [6, 6.07) is 5.81. The van der Waals surface area contributed by atoms with Gasteiger partial charge in [0.2, 0.25) is 0 Å². The van der Waals surface area contributed by atoms with Crippen molar-refractivity contribution in [1.82, 2.24) is 9.78 Å². The standard InChI is InChI=1S/C17H18F3N3O3/c1-16(2,15(25)26)23-10-13(9-21-23)22-14(24)12-5-3-11(4-6-12)7-8-17(18,19)20/h3-6,9-10H,7-8H2,1-2H3,(H,22,24)(H,25,26). The molecule has 0 aliphatic carbocycles. The van der Waals surface area contributed by atoms with Crippen LogP contribution in [0.4, 0.5) is 18.9 Å². The number of benzene rings is 1. The molecule has 1 amide bonds. The third kappa shape index (κ3) is 4.84. The van der Waals surface area contributed by atoms with Gasteiger partial charge < -0.3 is 10.4 Å². The van der Waals surface area contributed by atoms with Crippen LogP contribution in [0.1, 0.15) is 36.2 Å². The maximum Gasteiger partial charge on any atom is 0.389 e. The molecule has 0 spiro atoms. The summed E-state index contributed by atoms with van der Waals surface area (Å²) in [6.45, 7) is 2.93. The third-order valence-corrected chi connectivity index (χ3v) is 3.85. The van der Waals surface area contributed by atoms with Crippen molar-refractivity contribution in [2.45, 2.75) is 38.4 Å². The number of aromatic nitrogens is 2. The maximum absolute atomic E-state index is 12.2. The van der Waals surface area contributed by atoms with Crippen molar-refractivity contribution in [3.05, 3.63) is 47.8 Å². The number of carbonyl (C=O) groups is 2. The van der Waals surface area contributed by atoms with Gasteiger partial charge >= 0.3 is 12.1 Å². The normalized spacial score (nSPS) is 12.0. The molecule has 0 atom stereocenters. The van der Waals surface area contributed by atoms with E-state index in [9.17, 15) is 22.8 Å². The molecular formula is C17H18F3N3O3. The molecular weight excluding hydrogens is 351 g/mol. The van der Waals surface area contributed by atoms with E-state index in [-0.39, 0.29) is 12.0 Å². The molecule has 1 aromatic heterocycles. The monoisotopic (exact) mass is 369 g/mol. The highest BCUT2D eigenvalue weighted by atomic mass is 19.4. The number of hydrogen-bond acceptors (Lipinski definition) is 3. The highest BCUT2D eigenvalue weighted by molar-refractivity contribution is 6.04. The van der Waals surface area contributed by atoms with Gasteiger partial charge in [0.1, 0.15) is 0 Å². The predicted molar refractivity (Wildman–Crippen MR) is 88.0 cm³/mol. The van der Waals surface area contributed by atoms with Crippen molar-refractivity contribution in [1.29, 1.82) is 0 Å². The lowest BCUT2D eigenvalue weighted by Gasteiger charge is -2.19. The summed E-state index contributed by atoms with van der Waals surface area (Å²) < 4.78 is 37.9. The summed E-state index contributed by atoms with van der Waals surface area (Å²) in [5.41, 5.74) is -0.213. The van der Waals surface area contributed by atoms with Crippen molar-refractivity contribution < 1.29 is 27.9 Å². The Balaban J connectivity index is 2.02. The summed E-state index contributed by atoms with van der Waals surface area (Å²) in [6.07, 6.45) is -2.58. The van der Waals surface area contributed by atoms with Gasteiger partial charge in [0.15, 0.2) is 5.54 Å². The van der Waals surface area contributed by atoms with Crippen LogP contribution >= 0.6 is 0 Å². The Bertz CT molecular complexity index is 796. The van der Waals surface area contributed by atoms with E-state index in [0.29, 0.717) is 11.3 Å². The minimum absolute atomic E-state index is 0.150. The molecule has 0 radical (unpaired) electrons. The largest absolute Gasteiger partial charge is 0.479 e. The Hall–Kier alpha value is -2.84. The molecule has 0 saturated heterocycles. The average Bonchev–Trinajstić information content (AvgIpc) is 3.01. The van der Waals surface area contributed by atoms with Crippen molar-refractivity contribution in [2.75, 3.05) is 5.32 Å².